The minimum absolute atomic E-state index is 0.117. The first-order valence-corrected chi connectivity index (χ1v) is 6.44. The number of ether oxygens (including phenoxy) is 1. The summed E-state index contributed by atoms with van der Waals surface area (Å²) in [6, 6.07) is 7.79. The highest BCUT2D eigenvalue weighted by Gasteiger charge is 2.38. The summed E-state index contributed by atoms with van der Waals surface area (Å²) >= 11 is 0. The number of carbonyl (C=O) groups excluding carboxylic acids is 1. The second-order valence-electron chi connectivity index (χ2n) is 4.90. The Morgan fingerprint density at radius 1 is 1.21 bits per heavy atom. The number of carboxylic acid groups (broad SMARTS) is 1. The molecule has 1 saturated heterocycles. The van der Waals surface area contributed by atoms with Crippen LogP contribution >= 0.6 is 0 Å². The smallest absolute Gasteiger partial charge is 0.332 e. The van der Waals surface area contributed by atoms with E-state index in [1.54, 1.807) is 4.90 Å². The molecule has 1 aromatic carbocycles. The van der Waals surface area contributed by atoms with Crippen molar-refractivity contribution in [2.45, 2.75) is 31.5 Å². The summed E-state index contributed by atoms with van der Waals surface area (Å²) < 4.78 is 5.32. The molecule has 0 saturated carbocycles. The van der Waals surface area contributed by atoms with Crippen molar-refractivity contribution in [2.24, 2.45) is 0 Å². The average molecular weight is 261 g/mol. The fourth-order valence-corrected chi connectivity index (χ4v) is 2.74. The average Bonchev–Trinajstić information content (AvgIpc) is 3.05. The number of benzene rings is 1. The summed E-state index contributed by atoms with van der Waals surface area (Å²) in [6.45, 7) is 0.649. The molecule has 0 aromatic heterocycles. The molecule has 1 fully saturated rings. The Morgan fingerprint density at radius 2 is 1.95 bits per heavy atom. The zero-order valence-electron chi connectivity index (χ0n) is 10.4. The molecule has 0 unspecified atom stereocenters. The van der Waals surface area contributed by atoms with Crippen LogP contribution in [-0.2, 0) is 20.7 Å². The first-order chi connectivity index (χ1) is 9.16. The quantitative estimate of drug-likeness (QED) is 0.869. The normalized spacial score (nSPS) is 25.4. The van der Waals surface area contributed by atoms with Crippen molar-refractivity contribution >= 4 is 17.6 Å². The molecule has 2 aliphatic rings. The van der Waals surface area contributed by atoms with Crippen LogP contribution in [0.3, 0.4) is 0 Å². The number of carboxylic acids is 1. The second-order valence-corrected chi connectivity index (χ2v) is 4.90. The SMILES string of the molecule is O=C(O)[C@H]1CC[C@@H](C(=O)N2CCc3ccccc32)O1. The second kappa shape index (κ2) is 4.66. The minimum Gasteiger partial charge on any atom is -0.479 e. The van der Waals surface area contributed by atoms with Crippen LogP contribution in [0.4, 0.5) is 5.69 Å². The highest BCUT2D eigenvalue weighted by Crippen LogP contribution is 2.30. The number of fused-ring (bicyclic) bond motifs is 1. The van der Waals surface area contributed by atoms with E-state index in [9.17, 15) is 9.59 Å². The third-order valence-electron chi connectivity index (χ3n) is 3.72. The van der Waals surface area contributed by atoms with Gasteiger partial charge in [0.05, 0.1) is 0 Å². The lowest BCUT2D eigenvalue weighted by atomic mass is 10.1. The summed E-state index contributed by atoms with van der Waals surface area (Å²) in [4.78, 5) is 24.9. The first-order valence-electron chi connectivity index (χ1n) is 6.44. The van der Waals surface area contributed by atoms with Crippen molar-refractivity contribution in [1.29, 1.82) is 0 Å². The molecule has 100 valence electrons. The van der Waals surface area contributed by atoms with Gasteiger partial charge < -0.3 is 14.7 Å². The summed E-state index contributed by atoms with van der Waals surface area (Å²) in [7, 11) is 0. The number of amides is 1. The van der Waals surface area contributed by atoms with Crippen LogP contribution in [0.25, 0.3) is 0 Å². The van der Waals surface area contributed by atoms with Crippen LogP contribution in [-0.4, -0.2) is 35.7 Å². The monoisotopic (exact) mass is 261 g/mol. The van der Waals surface area contributed by atoms with E-state index in [0.717, 1.165) is 17.7 Å². The van der Waals surface area contributed by atoms with Gasteiger partial charge in [-0.1, -0.05) is 18.2 Å². The Morgan fingerprint density at radius 3 is 2.68 bits per heavy atom. The van der Waals surface area contributed by atoms with Crippen LogP contribution in [0.15, 0.2) is 24.3 Å². The lowest BCUT2D eigenvalue weighted by molar-refractivity contribution is -0.151. The van der Waals surface area contributed by atoms with Gasteiger partial charge in [0, 0.05) is 12.2 Å². The molecule has 1 aromatic rings. The zero-order chi connectivity index (χ0) is 13.4. The maximum atomic E-state index is 12.4. The van der Waals surface area contributed by atoms with Gasteiger partial charge in [-0.25, -0.2) is 4.79 Å². The van der Waals surface area contributed by atoms with Gasteiger partial charge in [-0.15, -0.1) is 0 Å². The van der Waals surface area contributed by atoms with E-state index in [0.29, 0.717) is 19.4 Å². The number of para-hydroxylation sites is 1. The Hall–Kier alpha value is -1.88. The summed E-state index contributed by atoms with van der Waals surface area (Å²) in [6.07, 6.45) is 0.270. The predicted molar refractivity (Wildman–Crippen MR) is 68.0 cm³/mol. The molecule has 1 amide bonds. The lowest BCUT2D eigenvalue weighted by Gasteiger charge is -2.21. The van der Waals surface area contributed by atoms with Gasteiger partial charge in [0.2, 0.25) is 0 Å². The summed E-state index contributed by atoms with van der Waals surface area (Å²) in [5.41, 5.74) is 2.08. The number of anilines is 1. The molecule has 0 aliphatic carbocycles. The van der Waals surface area contributed by atoms with Crippen LogP contribution in [0.2, 0.25) is 0 Å². The molecule has 0 spiro atoms. The molecular weight excluding hydrogens is 246 g/mol. The number of rotatable bonds is 2. The van der Waals surface area contributed by atoms with Gasteiger partial charge in [0.15, 0.2) is 6.10 Å². The van der Waals surface area contributed by atoms with E-state index in [2.05, 4.69) is 0 Å². The van der Waals surface area contributed by atoms with Crippen LogP contribution < -0.4 is 4.90 Å². The molecule has 5 heteroatoms. The van der Waals surface area contributed by atoms with E-state index in [1.807, 2.05) is 24.3 Å². The molecule has 0 radical (unpaired) electrons. The molecular formula is C14H15NO4. The van der Waals surface area contributed by atoms with Crippen molar-refractivity contribution in [1.82, 2.24) is 0 Å². The standard InChI is InChI=1S/C14H15NO4/c16-13(11-5-6-12(19-11)14(17)18)15-8-7-9-3-1-2-4-10(9)15/h1-4,11-12H,5-8H2,(H,17,18)/t11-,12+/m0/s1. The van der Waals surface area contributed by atoms with Crippen LogP contribution in [0.5, 0.6) is 0 Å². The van der Waals surface area contributed by atoms with E-state index in [-0.39, 0.29) is 5.91 Å². The molecule has 0 bridgehead atoms. The Bertz CT molecular complexity index is 528. The molecule has 2 aliphatic heterocycles. The first kappa shape index (κ1) is 12.2. The highest BCUT2D eigenvalue weighted by atomic mass is 16.5. The maximum absolute atomic E-state index is 12.4. The third kappa shape index (κ3) is 2.10. The Kier molecular flexibility index (Phi) is 2.98. The van der Waals surface area contributed by atoms with Crippen molar-refractivity contribution in [3.8, 4) is 0 Å². The van der Waals surface area contributed by atoms with Gasteiger partial charge >= 0.3 is 5.97 Å². The van der Waals surface area contributed by atoms with E-state index < -0.39 is 18.2 Å². The number of nitrogens with zero attached hydrogens (tertiary/aromatic N) is 1. The van der Waals surface area contributed by atoms with E-state index in [4.69, 9.17) is 9.84 Å². The summed E-state index contributed by atoms with van der Waals surface area (Å²) in [5.74, 6) is -1.11. The molecule has 19 heavy (non-hydrogen) atoms. The minimum atomic E-state index is -0.989. The zero-order valence-corrected chi connectivity index (χ0v) is 10.4. The van der Waals surface area contributed by atoms with Gasteiger partial charge in [0.25, 0.3) is 5.91 Å². The largest absolute Gasteiger partial charge is 0.479 e. The third-order valence-corrected chi connectivity index (χ3v) is 3.72. The fourth-order valence-electron chi connectivity index (χ4n) is 2.74. The Balaban J connectivity index is 1.74. The molecule has 3 rings (SSSR count). The number of aliphatic carboxylic acids is 1. The van der Waals surface area contributed by atoms with Gasteiger partial charge in [-0.3, -0.25) is 4.79 Å². The van der Waals surface area contributed by atoms with Gasteiger partial charge in [-0.2, -0.15) is 0 Å². The van der Waals surface area contributed by atoms with E-state index in [1.165, 1.54) is 0 Å². The number of carbonyl (C=O) groups is 2. The van der Waals surface area contributed by atoms with Crippen molar-refractivity contribution in [3.05, 3.63) is 29.8 Å². The van der Waals surface area contributed by atoms with Gasteiger partial charge in [0.1, 0.15) is 6.10 Å². The topological polar surface area (TPSA) is 66.8 Å². The van der Waals surface area contributed by atoms with E-state index >= 15 is 0 Å². The Labute approximate surface area is 110 Å². The fraction of sp³-hybridized carbons (Fsp3) is 0.429. The van der Waals surface area contributed by atoms with Crippen molar-refractivity contribution in [2.75, 3.05) is 11.4 Å². The molecule has 5 nitrogen and oxygen atoms in total. The van der Waals surface area contributed by atoms with Gasteiger partial charge in [-0.05, 0) is 30.9 Å². The number of hydrogen-bond donors (Lipinski definition) is 1. The van der Waals surface area contributed by atoms with Crippen LogP contribution in [0, 0.1) is 0 Å². The van der Waals surface area contributed by atoms with Crippen molar-refractivity contribution in [3.63, 3.8) is 0 Å². The molecule has 2 heterocycles. The lowest BCUT2D eigenvalue weighted by Crippen LogP contribution is -2.38. The van der Waals surface area contributed by atoms with Crippen LogP contribution in [0.1, 0.15) is 18.4 Å². The summed E-state index contributed by atoms with van der Waals surface area (Å²) in [5, 5.41) is 8.89. The highest BCUT2D eigenvalue weighted by molar-refractivity contribution is 5.98. The molecule has 2 atom stereocenters. The number of hydrogen-bond acceptors (Lipinski definition) is 3. The maximum Gasteiger partial charge on any atom is 0.332 e. The predicted octanol–water partition coefficient (Wildman–Crippen LogP) is 1.21. The molecule has 1 N–H and O–H groups in total. The van der Waals surface area contributed by atoms with Crippen molar-refractivity contribution < 1.29 is 19.4 Å².